The standard InChI is InChI=1S/C10H12F4N4O.ClH/c11-8(12)4-18-3-6(2-16-18)17-9(19)7-1-10(13,14)5-15-7;/h2-3,7-8,15H,1,4-5H2,(H,17,19);1H. The molecule has 10 heteroatoms. The molecule has 1 aromatic rings. The van der Waals surface area contributed by atoms with Crippen molar-refractivity contribution in [2.24, 2.45) is 0 Å². The van der Waals surface area contributed by atoms with Crippen molar-refractivity contribution in [2.75, 3.05) is 11.9 Å². The number of hydrogen-bond acceptors (Lipinski definition) is 3. The van der Waals surface area contributed by atoms with Gasteiger partial charge in [-0.2, -0.15) is 5.10 Å². The minimum absolute atomic E-state index is 0. The van der Waals surface area contributed by atoms with Gasteiger partial charge in [-0.1, -0.05) is 0 Å². The van der Waals surface area contributed by atoms with E-state index in [-0.39, 0.29) is 18.1 Å². The van der Waals surface area contributed by atoms with Gasteiger partial charge in [0, 0.05) is 12.6 Å². The van der Waals surface area contributed by atoms with Crippen LogP contribution in [0.4, 0.5) is 23.2 Å². The molecule has 0 aromatic carbocycles. The number of rotatable bonds is 4. The Morgan fingerprint density at radius 2 is 2.30 bits per heavy atom. The third kappa shape index (κ3) is 4.34. The van der Waals surface area contributed by atoms with Crippen molar-refractivity contribution < 1.29 is 22.4 Å². The Bertz CT molecular complexity index is 468. The van der Waals surface area contributed by atoms with Gasteiger partial charge in [0.05, 0.1) is 24.5 Å². The quantitative estimate of drug-likeness (QED) is 0.828. The highest BCUT2D eigenvalue weighted by Crippen LogP contribution is 2.25. The van der Waals surface area contributed by atoms with Crippen molar-refractivity contribution in [3.8, 4) is 0 Å². The molecule has 20 heavy (non-hydrogen) atoms. The molecule has 5 nitrogen and oxygen atoms in total. The maximum atomic E-state index is 12.9. The zero-order valence-corrected chi connectivity index (χ0v) is 11.0. The van der Waals surface area contributed by atoms with Gasteiger partial charge in [-0.05, 0) is 0 Å². The van der Waals surface area contributed by atoms with Crippen LogP contribution < -0.4 is 10.6 Å². The van der Waals surface area contributed by atoms with Gasteiger partial charge in [-0.15, -0.1) is 12.4 Å². The van der Waals surface area contributed by atoms with Crippen molar-refractivity contribution in [3.63, 3.8) is 0 Å². The minimum atomic E-state index is -2.90. The second kappa shape index (κ2) is 6.40. The molecular formula is C10H13ClF4N4O. The molecule has 2 N–H and O–H groups in total. The summed E-state index contributed by atoms with van der Waals surface area (Å²) >= 11 is 0. The van der Waals surface area contributed by atoms with E-state index >= 15 is 0 Å². The molecule has 1 unspecified atom stereocenters. The van der Waals surface area contributed by atoms with Crippen molar-refractivity contribution in [2.45, 2.75) is 31.4 Å². The van der Waals surface area contributed by atoms with Crippen molar-refractivity contribution in [3.05, 3.63) is 12.4 Å². The molecule has 1 aliphatic heterocycles. The lowest BCUT2D eigenvalue weighted by Gasteiger charge is -2.09. The van der Waals surface area contributed by atoms with E-state index in [1.807, 2.05) is 0 Å². The van der Waals surface area contributed by atoms with Gasteiger partial charge < -0.3 is 5.32 Å². The first-order chi connectivity index (χ1) is 8.85. The monoisotopic (exact) mass is 316 g/mol. The first-order valence-corrected chi connectivity index (χ1v) is 5.58. The molecule has 0 radical (unpaired) electrons. The second-order valence-electron chi connectivity index (χ2n) is 4.32. The van der Waals surface area contributed by atoms with E-state index in [9.17, 15) is 22.4 Å². The predicted molar refractivity (Wildman–Crippen MR) is 65.5 cm³/mol. The van der Waals surface area contributed by atoms with E-state index in [0.717, 1.165) is 4.68 Å². The Morgan fingerprint density at radius 3 is 2.85 bits per heavy atom. The zero-order valence-electron chi connectivity index (χ0n) is 10.2. The fraction of sp³-hybridized carbons (Fsp3) is 0.600. The smallest absolute Gasteiger partial charge is 0.262 e. The number of aromatic nitrogens is 2. The summed E-state index contributed by atoms with van der Waals surface area (Å²) < 4.78 is 50.9. The first-order valence-electron chi connectivity index (χ1n) is 5.58. The lowest BCUT2D eigenvalue weighted by atomic mass is 10.2. The normalized spacial score (nSPS) is 20.8. The number of hydrogen-bond donors (Lipinski definition) is 2. The van der Waals surface area contributed by atoms with E-state index in [0.29, 0.717) is 0 Å². The third-order valence-electron chi connectivity index (χ3n) is 2.65. The number of nitrogens with zero attached hydrogens (tertiary/aromatic N) is 2. The average Bonchev–Trinajstić information content (AvgIpc) is 2.84. The summed E-state index contributed by atoms with van der Waals surface area (Å²) in [6.45, 7) is -1.13. The Morgan fingerprint density at radius 1 is 1.60 bits per heavy atom. The maximum absolute atomic E-state index is 12.9. The van der Waals surface area contributed by atoms with Crippen LogP contribution in [-0.4, -0.2) is 40.6 Å². The number of anilines is 1. The van der Waals surface area contributed by atoms with Crippen LogP contribution in [0.3, 0.4) is 0 Å². The Balaban J connectivity index is 0.00000200. The van der Waals surface area contributed by atoms with Gasteiger partial charge in [0.1, 0.15) is 6.54 Å². The van der Waals surface area contributed by atoms with E-state index in [4.69, 9.17) is 0 Å². The molecule has 0 saturated carbocycles. The topological polar surface area (TPSA) is 59.0 Å². The van der Waals surface area contributed by atoms with Crippen LogP contribution in [0.15, 0.2) is 12.4 Å². The predicted octanol–water partition coefficient (Wildman–Crippen LogP) is 1.51. The van der Waals surface area contributed by atoms with Gasteiger partial charge >= 0.3 is 0 Å². The maximum Gasteiger partial charge on any atom is 0.262 e. The van der Waals surface area contributed by atoms with Crippen LogP contribution in [0, 0.1) is 0 Å². The Kier molecular flexibility index (Phi) is 5.35. The van der Waals surface area contributed by atoms with E-state index in [1.54, 1.807) is 0 Å². The summed E-state index contributed by atoms with van der Waals surface area (Å²) in [4.78, 5) is 11.6. The van der Waals surface area contributed by atoms with Gasteiger partial charge in [0.25, 0.3) is 12.3 Å². The van der Waals surface area contributed by atoms with E-state index in [2.05, 4.69) is 15.7 Å². The fourth-order valence-electron chi connectivity index (χ4n) is 1.80. The highest BCUT2D eigenvalue weighted by molar-refractivity contribution is 5.94. The molecule has 1 atom stereocenters. The molecule has 0 spiro atoms. The Labute approximate surface area is 118 Å². The lowest BCUT2D eigenvalue weighted by molar-refractivity contribution is -0.118. The number of nitrogens with one attached hydrogen (secondary N) is 2. The lowest BCUT2D eigenvalue weighted by Crippen LogP contribution is -2.35. The molecule has 1 aliphatic rings. The fourth-order valence-corrected chi connectivity index (χ4v) is 1.80. The van der Waals surface area contributed by atoms with Gasteiger partial charge in [0.15, 0.2) is 0 Å². The van der Waals surface area contributed by atoms with Crippen LogP contribution in [0.25, 0.3) is 0 Å². The molecule has 2 rings (SSSR count). The van der Waals surface area contributed by atoms with Crippen LogP contribution >= 0.6 is 12.4 Å². The SMILES string of the molecule is Cl.O=C(Nc1cnn(CC(F)F)c1)C1CC(F)(F)CN1. The number of carbonyl (C=O) groups is 1. The molecule has 0 aliphatic carbocycles. The van der Waals surface area contributed by atoms with Gasteiger partial charge in [-0.25, -0.2) is 17.6 Å². The summed E-state index contributed by atoms with van der Waals surface area (Å²) in [6.07, 6.45) is -0.729. The van der Waals surface area contributed by atoms with Crippen LogP contribution in [0.2, 0.25) is 0 Å². The molecule has 1 saturated heterocycles. The molecule has 1 fully saturated rings. The molecule has 1 amide bonds. The second-order valence-corrected chi connectivity index (χ2v) is 4.32. The summed E-state index contributed by atoms with van der Waals surface area (Å²) in [5.41, 5.74) is 0.197. The largest absolute Gasteiger partial charge is 0.322 e. The van der Waals surface area contributed by atoms with E-state index < -0.39 is 43.8 Å². The molecule has 1 aromatic heterocycles. The summed E-state index contributed by atoms with van der Waals surface area (Å²) in [7, 11) is 0. The molecule has 0 bridgehead atoms. The van der Waals surface area contributed by atoms with Crippen LogP contribution in [0.1, 0.15) is 6.42 Å². The summed E-state index contributed by atoms with van der Waals surface area (Å²) in [5.74, 6) is -3.53. The highest BCUT2D eigenvalue weighted by atomic mass is 35.5. The highest BCUT2D eigenvalue weighted by Gasteiger charge is 2.42. The zero-order chi connectivity index (χ0) is 14.0. The van der Waals surface area contributed by atoms with E-state index in [1.165, 1.54) is 12.4 Å². The average molecular weight is 317 g/mol. The van der Waals surface area contributed by atoms with Crippen LogP contribution in [-0.2, 0) is 11.3 Å². The molecule has 114 valence electrons. The molecule has 2 heterocycles. The van der Waals surface area contributed by atoms with Crippen LogP contribution in [0.5, 0.6) is 0 Å². The third-order valence-corrected chi connectivity index (χ3v) is 2.65. The Hall–Kier alpha value is -1.35. The van der Waals surface area contributed by atoms with Gasteiger partial charge in [0.2, 0.25) is 5.91 Å². The van der Waals surface area contributed by atoms with Crippen molar-refractivity contribution in [1.29, 1.82) is 0 Å². The summed E-state index contributed by atoms with van der Waals surface area (Å²) in [5, 5.41) is 8.37. The van der Waals surface area contributed by atoms with Gasteiger partial charge in [-0.3, -0.25) is 14.8 Å². The number of alkyl halides is 4. The minimum Gasteiger partial charge on any atom is -0.322 e. The van der Waals surface area contributed by atoms with Crippen molar-refractivity contribution >= 4 is 24.0 Å². The number of amides is 1. The van der Waals surface area contributed by atoms with Crippen molar-refractivity contribution in [1.82, 2.24) is 15.1 Å². The number of halogens is 5. The molecular weight excluding hydrogens is 304 g/mol. The first kappa shape index (κ1) is 16.7. The number of carbonyl (C=O) groups excluding carboxylic acids is 1. The summed E-state index contributed by atoms with van der Waals surface area (Å²) in [6, 6.07) is -0.992.